The van der Waals surface area contributed by atoms with Gasteiger partial charge in [0.1, 0.15) is 19.0 Å². The van der Waals surface area contributed by atoms with Gasteiger partial charge in [-0.3, -0.25) is 9.88 Å². The molecule has 0 radical (unpaired) electrons. The molecule has 9 nitrogen and oxygen atoms in total. The van der Waals surface area contributed by atoms with Gasteiger partial charge in [-0.25, -0.2) is 9.97 Å². The molecule has 1 aliphatic heterocycles. The number of carbonyl (C=O) groups is 1. The van der Waals surface area contributed by atoms with Crippen LogP contribution in [0.4, 0.5) is 0 Å². The predicted octanol–water partition coefficient (Wildman–Crippen LogP) is 2.77. The van der Waals surface area contributed by atoms with E-state index in [1.165, 1.54) is 0 Å². The molecular formula is C24H28N4O5. The van der Waals surface area contributed by atoms with E-state index in [0.29, 0.717) is 67.0 Å². The van der Waals surface area contributed by atoms with Crippen LogP contribution < -0.4 is 14.2 Å². The van der Waals surface area contributed by atoms with Crippen molar-refractivity contribution >= 4 is 17.3 Å². The molecule has 9 heteroatoms. The summed E-state index contributed by atoms with van der Waals surface area (Å²) in [5.74, 6) is 1.71. The number of ether oxygens (including phenoxy) is 4. The fourth-order valence-electron chi connectivity index (χ4n) is 3.67. The summed E-state index contributed by atoms with van der Waals surface area (Å²) in [6.07, 6.45) is 4.91. The Morgan fingerprint density at radius 2 is 2.06 bits per heavy atom. The van der Waals surface area contributed by atoms with E-state index >= 15 is 0 Å². The van der Waals surface area contributed by atoms with Crippen molar-refractivity contribution in [2.75, 3.05) is 46.6 Å². The Morgan fingerprint density at radius 1 is 1.18 bits per heavy atom. The fourth-order valence-corrected chi connectivity index (χ4v) is 3.67. The predicted molar refractivity (Wildman–Crippen MR) is 123 cm³/mol. The molecular weight excluding hydrogens is 424 g/mol. The van der Waals surface area contributed by atoms with Crippen molar-refractivity contribution in [1.29, 1.82) is 0 Å². The molecule has 1 aromatic carbocycles. The van der Waals surface area contributed by atoms with Gasteiger partial charge in [0.25, 0.3) is 0 Å². The Hall–Kier alpha value is -3.30. The molecule has 0 amide bonds. The molecule has 174 valence electrons. The lowest BCUT2D eigenvalue weighted by Crippen LogP contribution is -2.45. The van der Waals surface area contributed by atoms with Crippen molar-refractivity contribution in [2.24, 2.45) is 0 Å². The summed E-state index contributed by atoms with van der Waals surface area (Å²) in [6.45, 7) is 5.27. The van der Waals surface area contributed by atoms with Gasteiger partial charge >= 0.3 is 0 Å². The summed E-state index contributed by atoms with van der Waals surface area (Å²) in [4.78, 5) is 26.5. The number of aromatic nitrogens is 3. The number of methoxy groups -OCH3 is 1. The highest BCUT2D eigenvalue weighted by Gasteiger charge is 2.22. The summed E-state index contributed by atoms with van der Waals surface area (Å²) in [5.41, 5.74) is 2.79. The van der Waals surface area contributed by atoms with Crippen LogP contribution in [0, 0.1) is 0 Å². The maximum absolute atomic E-state index is 10.8. The number of benzene rings is 1. The monoisotopic (exact) mass is 452 g/mol. The van der Waals surface area contributed by atoms with Crippen LogP contribution in [0.1, 0.15) is 13.3 Å². The van der Waals surface area contributed by atoms with Crippen LogP contribution in [0.5, 0.6) is 17.4 Å². The zero-order valence-electron chi connectivity index (χ0n) is 18.9. The molecule has 33 heavy (non-hydrogen) atoms. The topological polar surface area (TPSA) is 95.9 Å². The third-order valence-electron chi connectivity index (χ3n) is 5.31. The standard InChI is InChI=1S/C24H28N4O5/c1-3-11-32-21-5-4-17(13-22(21)30-2)19-14-20-23(26-7-6-25-20)24(27-19)33-16-18-15-28(8-10-29)9-12-31-18/h4-7,10,13-14,18H,3,8-9,11-12,15-16H2,1-2H3/t18-/m0/s1. The van der Waals surface area contributed by atoms with E-state index in [2.05, 4.69) is 16.9 Å². The minimum atomic E-state index is -0.161. The van der Waals surface area contributed by atoms with Gasteiger partial charge in [-0.15, -0.1) is 0 Å². The number of morpholine rings is 1. The number of hydrogen-bond donors (Lipinski definition) is 0. The van der Waals surface area contributed by atoms with Gasteiger partial charge in [-0.05, 0) is 30.7 Å². The molecule has 1 atom stereocenters. The number of pyridine rings is 1. The van der Waals surface area contributed by atoms with Gasteiger partial charge in [0.15, 0.2) is 17.0 Å². The Balaban J connectivity index is 1.60. The molecule has 2 aromatic heterocycles. The van der Waals surface area contributed by atoms with Crippen LogP contribution in [-0.4, -0.2) is 78.8 Å². The zero-order valence-corrected chi connectivity index (χ0v) is 18.9. The lowest BCUT2D eigenvalue weighted by Gasteiger charge is -2.31. The maximum Gasteiger partial charge on any atom is 0.242 e. The van der Waals surface area contributed by atoms with Crippen molar-refractivity contribution in [2.45, 2.75) is 19.4 Å². The Kier molecular flexibility index (Phi) is 7.64. The number of hydrogen-bond acceptors (Lipinski definition) is 9. The SMILES string of the molecule is CCCOc1ccc(-c2cc3nccnc3c(OC[C@@H]3CN(CC=O)CCO3)n2)cc1OC. The number of carbonyl (C=O) groups excluding carboxylic acids is 1. The lowest BCUT2D eigenvalue weighted by atomic mass is 10.1. The Labute approximate surface area is 192 Å². The van der Waals surface area contributed by atoms with Gasteiger partial charge in [0, 0.05) is 31.0 Å². The first kappa shape index (κ1) is 22.9. The Bertz CT molecular complexity index is 1090. The van der Waals surface area contributed by atoms with E-state index in [1.807, 2.05) is 29.2 Å². The van der Waals surface area contributed by atoms with Crippen molar-refractivity contribution in [1.82, 2.24) is 19.9 Å². The van der Waals surface area contributed by atoms with E-state index < -0.39 is 0 Å². The summed E-state index contributed by atoms with van der Waals surface area (Å²) >= 11 is 0. The quantitative estimate of drug-likeness (QED) is 0.430. The molecule has 1 saturated heterocycles. The molecule has 0 saturated carbocycles. The molecule has 0 bridgehead atoms. The lowest BCUT2D eigenvalue weighted by molar-refractivity contribution is -0.111. The molecule has 3 aromatic rings. The first-order chi connectivity index (χ1) is 16.2. The third-order valence-corrected chi connectivity index (χ3v) is 5.31. The summed E-state index contributed by atoms with van der Waals surface area (Å²) in [7, 11) is 1.61. The van der Waals surface area contributed by atoms with Gasteiger partial charge in [-0.2, -0.15) is 0 Å². The number of fused-ring (bicyclic) bond motifs is 1. The Morgan fingerprint density at radius 3 is 2.88 bits per heavy atom. The van der Waals surface area contributed by atoms with Crippen molar-refractivity contribution in [3.8, 4) is 28.6 Å². The number of nitrogens with zero attached hydrogens (tertiary/aromatic N) is 4. The minimum Gasteiger partial charge on any atom is -0.493 e. The maximum atomic E-state index is 10.8. The fraction of sp³-hybridized carbons (Fsp3) is 0.417. The van der Waals surface area contributed by atoms with Crippen LogP contribution in [0.3, 0.4) is 0 Å². The van der Waals surface area contributed by atoms with Crippen LogP contribution >= 0.6 is 0 Å². The van der Waals surface area contributed by atoms with E-state index in [4.69, 9.17) is 23.9 Å². The van der Waals surface area contributed by atoms with E-state index in [0.717, 1.165) is 24.8 Å². The van der Waals surface area contributed by atoms with Gasteiger partial charge in [-0.1, -0.05) is 6.92 Å². The smallest absolute Gasteiger partial charge is 0.242 e. The molecule has 4 rings (SSSR count). The van der Waals surface area contributed by atoms with E-state index in [1.54, 1.807) is 19.5 Å². The molecule has 0 spiro atoms. The molecule has 0 aliphatic carbocycles. The summed E-state index contributed by atoms with van der Waals surface area (Å²) in [5, 5.41) is 0. The highest BCUT2D eigenvalue weighted by molar-refractivity contribution is 5.83. The number of rotatable bonds is 10. The van der Waals surface area contributed by atoms with Crippen LogP contribution in [0.2, 0.25) is 0 Å². The number of aldehydes is 1. The highest BCUT2D eigenvalue weighted by atomic mass is 16.5. The van der Waals surface area contributed by atoms with E-state index in [-0.39, 0.29) is 6.10 Å². The molecule has 0 unspecified atom stereocenters. The van der Waals surface area contributed by atoms with Crippen LogP contribution in [-0.2, 0) is 9.53 Å². The van der Waals surface area contributed by atoms with Crippen LogP contribution in [0.25, 0.3) is 22.3 Å². The summed E-state index contributed by atoms with van der Waals surface area (Å²) in [6, 6.07) is 7.58. The third kappa shape index (κ3) is 5.55. The van der Waals surface area contributed by atoms with Gasteiger partial charge < -0.3 is 23.7 Å². The van der Waals surface area contributed by atoms with Crippen LogP contribution in [0.15, 0.2) is 36.7 Å². The molecule has 3 heterocycles. The average Bonchev–Trinajstić information content (AvgIpc) is 2.86. The first-order valence-electron chi connectivity index (χ1n) is 11.0. The molecule has 1 aliphatic rings. The second kappa shape index (κ2) is 11.0. The van der Waals surface area contributed by atoms with Crippen molar-refractivity contribution < 1.29 is 23.7 Å². The second-order valence-corrected chi connectivity index (χ2v) is 7.68. The highest BCUT2D eigenvalue weighted by Crippen LogP contribution is 2.34. The first-order valence-corrected chi connectivity index (χ1v) is 11.0. The van der Waals surface area contributed by atoms with Gasteiger partial charge in [0.05, 0.1) is 38.1 Å². The van der Waals surface area contributed by atoms with Crippen molar-refractivity contribution in [3.05, 3.63) is 36.7 Å². The normalized spacial score (nSPS) is 16.5. The second-order valence-electron chi connectivity index (χ2n) is 7.68. The zero-order chi connectivity index (χ0) is 23.0. The van der Waals surface area contributed by atoms with Gasteiger partial charge in [0.2, 0.25) is 5.88 Å². The average molecular weight is 453 g/mol. The van der Waals surface area contributed by atoms with Crippen molar-refractivity contribution in [3.63, 3.8) is 0 Å². The minimum absolute atomic E-state index is 0.161. The molecule has 0 N–H and O–H groups in total. The van der Waals surface area contributed by atoms with E-state index in [9.17, 15) is 4.79 Å². The molecule has 1 fully saturated rings. The summed E-state index contributed by atoms with van der Waals surface area (Å²) < 4.78 is 23.2. The largest absolute Gasteiger partial charge is 0.493 e.